The molecule has 9 nitrogen and oxygen atoms in total. The maximum Gasteiger partial charge on any atom is 0.254 e. The molecule has 0 saturated heterocycles. The van der Waals surface area contributed by atoms with Crippen molar-refractivity contribution in [2.45, 2.75) is 38.5 Å². The third kappa shape index (κ3) is 6.68. The number of thiazole rings is 1. The van der Waals surface area contributed by atoms with Gasteiger partial charge in [-0.1, -0.05) is 6.07 Å². The molecule has 0 atom stereocenters. The van der Waals surface area contributed by atoms with Gasteiger partial charge in [0.15, 0.2) is 5.13 Å². The first-order chi connectivity index (χ1) is 15.7. The van der Waals surface area contributed by atoms with Gasteiger partial charge in [-0.15, -0.1) is 11.3 Å². The standard InChI is InChI=1S/C21H24FN5O4S2/c1-4-31-19(11-23-3)25-13(2)14-5-8-17(18(22)9-14)20(28)24-10-15-12-32-21(26-15)27-33(29,30)16-6-7-16/h5,8-9,11-12,16H,3-4,6-7,10H2,1-2H3,(H,24,28)(H,26,27)/b19-11+,25-13+. The van der Waals surface area contributed by atoms with E-state index in [4.69, 9.17) is 4.74 Å². The normalized spacial score (nSPS) is 14.6. The zero-order chi connectivity index (χ0) is 24.0. The van der Waals surface area contributed by atoms with Gasteiger partial charge in [-0.3, -0.25) is 14.5 Å². The average Bonchev–Trinajstić information content (AvgIpc) is 3.54. The summed E-state index contributed by atoms with van der Waals surface area (Å²) in [6.45, 7) is 7.26. The Labute approximate surface area is 195 Å². The molecule has 0 radical (unpaired) electrons. The molecule has 1 fully saturated rings. The summed E-state index contributed by atoms with van der Waals surface area (Å²) in [5.74, 6) is -1.08. The Balaban J connectivity index is 1.63. The number of rotatable bonds is 11. The molecule has 1 amide bonds. The van der Waals surface area contributed by atoms with Crippen LogP contribution in [0.3, 0.4) is 0 Å². The van der Waals surface area contributed by atoms with Gasteiger partial charge in [0.2, 0.25) is 15.9 Å². The molecule has 12 heteroatoms. The van der Waals surface area contributed by atoms with Gasteiger partial charge in [0.25, 0.3) is 5.91 Å². The van der Waals surface area contributed by atoms with E-state index in [1.807, 2.05) is 0 Å². The molecule has 0 bridgehead atoms. The molecular formula is C21H24FN5O4S2. The Morgan fingerprint density at radius 2 is 2.18 bits per heavy atom. The maximum atomic E-state index is 14.6. The van der Waals surface area contributed by atoms with Gasteiger partial charge >= 0.3 is 0 Å². The smallest absolute Gasteiger partial charge is 0.254 e. The molecule has 1 aliphatic rings. The van der Waals surface area contributed by atoms with E-state index in [1.54, 1.807) is 25.3 Å². The first-order valence-electron chi connectivity index (χ1n) is 10.1. The monoisotopic (exact) mass is 493 g/mol. The fourth-order valence-electron chi connectivity index (χ4n) is 2.76. The quantitative estimate of drug-likeness (QED) is 0.367. The Morgan fingerprint density at radius 1 is 1.42 bits per heavy atom. The number of nitrogens with zero attached hydrogens (tertiary/aromatic N) is 3. The van der Waals surface area contributed by atoms with Crippen molar-refractivity contribution < 1.29 is 22.3 Å². The van der Waals surface area contributed by atoms with Gasteiger partial charge in [0.05, 0.1) is 35.9 Å². The molecule has 1 aliphatic carbocycles. The molecule has 2 aromatic rings. The van der Waals surface area contributed by atoms with E-state index >= 15 is 0 Å². The predicted octanol–water partition coefficient (Wildman–Crippen LogP) is 3.46. The largest absolute Gasteiger partial charge is 0.477 e. The Morgan fingerprint density at radius 3 is 2.82 bits per heavy atom. The van der Waals surface area contributed by atoms with Gasteiger partial charge in [-0.05, 0) is 51.1 Å². The van der Waals surface area contributed by atoms with Crippen LogP contribution in [-0.2, 0) is 21.3 Å². The van der Waals surface area contributed by atoms with Crippen molar-refractivity contribution in [3.63, 3.8) is 0 Å². The number of nitrogens with one attached hydrogen (secondary N) is 2. The topological polar surface area (TPSA) is 122 Å². The summed E-state index contributed by atoms with van der Waals surface area (Å²) >= 11 is 1.12. The Hall–Kier alpha value is -3.12. The number of hydrogen-bond donors (Lipinski definition) is 2. The summed E-state index contributed by atoms with van der Waals surface area (Å²) < 4.78 is 46.3. The van der Waals surface area contributed by atoms with E-state index in [1.165, 1.54) is 18.3 Å². The lowest BCUT2D eigenvalue weighted by atomic mass is 10.1. The molecule has 0 spiro atoms. The molecule has 3 rings (SSSR count). The summed E-state index contributed by atoms with van der Waals surface area (Å²) in [5.41, 5.74) is 1.29. The van der Waals surface area contributed by atoms with Crippen molar-refractivity contribution in [3.8, 4) is 0 Å². The highest BCUT2D eigenvalue weighted by atomic mass is 32.2. The number of hydrogen-bond acceptors (Lipinski definition) is 8. The summed E-state index contributed by atoms with van der Waals surface area (Å²) in [6.07, 6.45) is 2.65. The second-order valence-electron chi connectivity index (χ2n) is 7.15. The van der Waals surface area contributed by atoms with E-state index in [-0.39, 0.29) is 28.4 Å². The zero-order valence-corrected chi connectivity index (χ0v) is 19.8. The van der Waals surface area contributed by atoms with Crippen LogP contribution in [0.2, 0.25) is 0 Å². The third-order valence-electron chi connectivity index (χ3n) is 4.58. The summed E-state index contributed by atoms with van der Waals surface area (Å²) in [4.78, 5) is 24.5. The van der Waals surface area contributed by atoms with Crippen LogP contribution >= 0.6 is 11.3 Å². The third-order valence-corrected chi connectivity index (χ3v) is 7.34. The molecule has 1 saturated carbocycles. The maximum absolute atomic E-state index is 14.6. The molecule has 0 aliphatic heterocycles. The van der Waals surface area contributed by atoms with E-state index in [2.05, 4.69) is 31.7 Å². The second-order valence-corrected chi connectivity index (χ2v) is 9.97. The van der Waals surface area contributed by atoms with Crippen LogP contribution in [0.1, 0.15) is 48.3 Å². The zero-order valence-electron chi connectivity index (χ0n) is 18.2. The summed E-state index contributed by atoms with van der Waals surface area (Å²) in [5, 5.41) is 4.10. The first-order valence-corrected chi connectivity index (χ1v) is 12.5. The number of aliphatic imine (C=N–C) groups is 2. The van der Waals surface area contributed by atoms with Gasteiger partial charge in [0.1, 0.15) is 5.82 Å². The van der Waals surface area contributed by atoms with Crippen molar-refractivity contribution >= 4 is 44.8 Å². The van der Waals surface area contributed by atoms with E-state index in [9.17, 15) is 17.6 Å². The highest BCUT2D eigenvalue weighted by Crippen LogP contribution is 2.30. The van der Waals surface area contributed by atoms with E-state index in [0.29, 0.717) is 36.4 Å². The number of aromatic nitrogens is 1. The van der Waals surface area contributed by atoms with Crippen molar-refractivity contribution in [1.29, 1.82) is 0 Å². The number of anilines is 1. The van der Waals surface area contributed by atoms with Gasteiger partial charge in [-0.2, -0.15) is 0 Å². The highest BCUT2D eigenvalue weighted by molar-refractivity contribution is 7.93. The minimum absolute atomic E-state index is 0.0270. The molecule has 1 aromatic heterocycles. The van der Waals surface area contributed by atoms with Gasteiger partial charge in [0, 0.05) is 11.1 Å². The molecule has 33 heavy (non-hydrogen) atoms. The van der Waals surface area contributed by atoms with Gasteiger partial charge in [-0.25, -0.2) is 22.8 Å². The van der Waals surface area contributed by atoms with Crippen molar-refractivity contribution in [2.75, 3.05) is 11.3 Å². The average molecular weight is 494 g/mol. The molecule has 1 aromatic carbocycles. The molecule has 2 N–H and O–H groups in total. The minimum Gasteiger partial charge on any atom is -0.477 e. The number of ether oxygens (including phenoxy) is 1. The molecule has 1 heterocycles. The summed E-state index contributed by atoms with van der Waals surface area (Å²) in [6, 6.07) is 4.16. The fraction of sp³-hybridized carbons (Fsp3) is 0.333. The molecule has 0 unspecified atom stereocenters. The van der Waals surface area contributed by atoms with Crippen LogP contribution in [-0.4, -0.2) is 43.6 Å². The van der Waals surface area contributed by atoms with E-state index < -0.39 is 21.7 Å². The van der Waals surface area contributed by atoms with Crippen molar-refractivity contribution in [3.05, 3.63) is 58.3 Å². The highest BCUT2D eigenvalue weighted by Gasteiger charge is 2.36. The van der Waals surface area contributed by atoms with Crippen LogP contribution in [0.4, 0.5) is 9.52 Å². The number of amides is 1. The Kier molecular flexibility index (Phi) is 7.92. The molecular weight excluding hydrogens is 469 g/mol. The summed E-state index contributed by atoms with van der Waals surface area (Å²) in [7, 11) is -3.40. The number of sulfonamides is 1. The first kappa shape index (κ1) is 24.5. The number of benzene rings is 1. The van der Waals surface area contributed by atoms with E-state index in [0.717, 1.165) is 11.3 Å². The van der Waals surface area contributed by atoms with Crippen LogP contribution in [0.25, 0.3) is 0 Å². The SMILES string of the molecule is C=N/C=C(\N=C(/C)c1ccc(C(=O)NCc2csc(NS(=O)(=O)C3CC3)n2)c(F)c1)OCC. The minimum atomic E-state index is -3.40. The van der Waals surface area contributed by atoms with Crippen molar-refractivity contribution in [2.24, 2.45) is 9.98 Å². The van der Waals surface area contributed by atoms with Crippen LogP contribution in [0, 0.1) is 5.82 Å². The van der Waals surface area contributed by atoms with Crippen LogP contribution in [0.5, 0.6) is 0 Å². The second kappa shape index (κ2) is 10.7. The van der Waals surface area contributed by atoms with Crippen LogP contribution < -0.4 is 10.0 Å². The lowest BCUT2D eigenvalue weighted by molar-refractivity contribution is 0.0946. The van der Waals surface area contributed by atoms with Gasteiger partial charge < -0.3 is 10.1 Å². The number of halogens is 1. The predicted molar refractivity (Wildman–Crippen MR) is 127 cm³/mol. The molecule has 176 valence electrons. The number of carbonyl (C=O) groups excluding carboxylic acids is 1. The fourth-order valence-corrected chi connectivity index (χ4v) is 5.07. The Bertz CT molecular complexity index is 1200. The lowest BCUT2D eigenvalue weighted by Gasteiger charge is -2.08. The number of carbonyl (C=O) groups is 1. The van der Waals surface area contributed by atoms with Crippen molar-refractivity contribution in [1.82, 2.24) is 10.3 Å². The lowest BCUT2D eigenvalue weighted by Crippen LogP contribution is -2.24. The van der Waals surface area contributed by atoms with Crippen LogP contribution in [0.15, 0.2) is 45.6 Å².